The topological polar surface area (TPSA) is 81.3 Å². The van der Waals surface area contributed by atoms with E-state index in [1.54, 1.807) is 0 Å². The minimum Gasteiger partial charge on any atom is -0.334 e. The van der Waals surface area contributed by atoms with Gasteiger partial charge in [0.1, 0.15) is 0 Å². The highest BCUT2D eigenvalue weighted by atomic mass is 16.2. The molecule has 0 saturated carbocycles. The number of carbonyl (C=O) groups excluding carboxylic acids is 1. The molecule has 7 nitrogen and oxygen atoms in total. The third-order valence-corrected chi connectivity index (χ3v) is 5.85. The van der Waals surface area contributed by atoms with Gasteiger partial charge in [0.25, 0.3) is 0 Å². The lowest BCUT2D eigenvalue weighted by Crippen LogP contribution is -2.54. The van der Waals surface area contributed by atoms with Crippen LogP contribution in [0.5, 0.6) is 0 Å². The largest absolute Gasteiger partial charge is 0.334 e. The number of pyridine rings is 1. The van der Waals surface area contributed by atoms with Crippen LogP contribution in [0.4, 0.5) is 10.5 Å². The smallest absolute Gasteiger partial charge is 0.319 e. The fraction of sp³-hybridized carbons (Fsp3) is 0.455. The number of rotatable bonds is 4. The van der Waals surface area contributed by atoms with Crippen LogP contribution in [0, 0.1) is 13.8 Å². The van der Waals surface area contributed by atoms with Gasteiger partial charge in [-0.2, -0.15) is 0 Å². The maximum Gasteiger partial charge on any atom is 0.319 e. The van der Waals surface area contributed by atoms with Gasteiger partial charge in [-0.3, -0.25) is 9.88 Å². The van der Waals surface area contributed by atoms with E-state index >= 15 is 0 Å². The Balaban J connectivity index is 1.30. The fourth-order valence-corrected chi connectivity index (χ4v) is 4.30. The first-order valence-electron chi connectivity index (χ1n) is 10.4. The molecule has 7 heteroatoms. The predicted octanol–water partition coefficient (Wildman–Crippen LogP) is 2.85. The van der Waals surface area contributed by atoms with Gasteiger partial charge in [0.15, 0.2) is 0 Å². The number of aromatic nitrogens is 1. The van der Waals surface area contributed by atoms with Crippen LogP contribution in [0.15, 0.2) is 42.7 Å². The molecule has 1 aromatic heterocycles. The molecule has 3 unspecified atom stereocenters. The number of hydrogen-bond acceptors (Lipinski definition) is 5. The zero-order valence-corrected chi connectivity index (χ0v) is 17.1. The normalized spacial score (nSPS) is 25.0. The molecular formula is C22H30N6O. The van der Waals surface area contributed by atoms with E-state index in [0.717, 1.165) is 43.6 Å². The van der Waals surface area contributed by atoms with Gasteiger partial charge in [-0.05, 0) is 69.0 Å². The van der Waals surface area contributed by atoms with Gasteiger partial charge in [0.05, 0.1) is 6.17 Å². The minimum atomic E-state index is -0.129. The van der Waals surface area contributed by atoms with Crippen molar-refractivity contribution in [1.29, 1.82) is 0 Å². The van der Waals surface area contributed by atoms with E-state index in [9.17, 15) is 4.79 Å². The second-order valence-electron chi connectivity index (χ2n) is 8.12. The summed E-state index contributed by atoms with van der Waals surface area (Å²) in [6.45, 7) is 5.96. The van der Waals surface area contributed by atoms with Crippen molar-refractivity contribution in [3.05, 3.63) is 59.4 Å². The number of benzene rings is 1. The van der Waals surface area contributed by atoms with Crippen molar-refractivity contribution in [3.8, 4) is 0 Å². The van der Waals surface area contributed by atoms with Crippen molar-refractivity contribution < 1.29 is 4.79 Å². The fourth-order valence-electron chi connectivity index (χ4n) is 4.30. The van der Waals surface area contributed by atoms with Crippen molar-refractivity contribution in [2.45, 2.75) is 51.4 Å². The summed E-state index contributed by atoms with van der Waals surface area (Å²) in [5.41, 5.74) is 11.2. The second-order valence-corrected chi connectivity index (χ2v) is 8.12. The molecule has 29 heavy (non-hydrogen) atoms. The van der Waals surface area contributed by atoms with E-state index in [2.05, 4.69) is 56.5 Å². The molecule has 3 atom stereocenters. The third kappa shape index (κ3) is 4.93. The van der Waals surface area contributed by atoms with E-state index in [1.807, 2.05) is 31.5 Å². The molecule has 0 bridgehead atoms. The summed E-state index contributed by atoms with van der Waals surface area (Å²) >= 11 is 0. The Labute approximate surface area is 172 Å². The summed E-state index contributed by atoms with van der Waals surface area (Å²) in [5.74, 6) is 0. The van der Waals surface area contributed by atoms with Crippen molar-refractivity contribution >= 4 is 11.7 Å². The Morgan fingerprint density at radius 1 is 1.17 bits per heavy atom. The molecule has 2 amide bonds. The third-order valence-electron chi connectivity index (χ3n) is 5.85. The highest BCUT2D eigenvalue weighted by Crippen LogP contribution is 2.25. The summed E-state index contributed by atoms with van der Waals surface area (Å²) in [4.78, 5) is 19.0. The minimum absolute atomic E-state index is 0.129. The molecule has 3 heterocycles. The zero-order chi connectivity index (χ0) is 20.2. The highest BCUT2D eigenvalue weighted by molar-refractivity contribution is 5.90. The van der Waals surface area contributed by atoms with Crippen molar-refractivity contribution in [2.75, 3.05) is 18.4 Å². The van der Waals surface area contributed by atoms with Crippen LogP contribution < -0.4 is 21.5 Å². The first-order valence-corrected chi connectivity index (χ1v) is 10.4. The number of aryl methyl sites for hydroxylation is 2. The number of hydrogen-bond donors (Lipinski definition) is 4. The van der Waals surface area contributed by atoms with Gasteiger partial charge < -0.3 is 10.6 Å². The highest BCUT2D eigenvalue weighted by Gasteiger charge is 2.32. The van der Waals surface area contributed by atoms with E-state index in [4.69, 9.17) is 0 Å². The Kier molecular flexibility index (Phi) is 6.08. The maximum atomic E-state index is 12.5. The Bertz CT molecular complexity index is 842. The van der Waals surface area contributed by atoms with Crippen LogP contribution >= 0.6 is 0 Å². The number of urea groups is 1. The average Bonchev–Trinajstić information content (AvgIpc) is 3.21. The van der Waals surface area contributed by atoms with Crippen LogP contribution in [0.25, 0.3) is 0 Å². The molecule has 4 rings (SSSR count). The molecular weight excluding hydrogens is 364 g/mol. The first kappa shape index (κ1) is 19.8. The van der Waals surface area contributed by atoms with Gasteiger partial charge in [-0.15, -0.1) is 0 Å². The van der Waals surface area contributed by atoms with Crippen LogP contribution in [-0.4, -0.2) is 41.2 Å². The zero-order valence-electron chi connectivity index (χ0n) is 17.1. The summed E-state index contributed by atoms with van der Waals surface area (Å²) in [5, 5.41) is 6.15. The van der Waals surface area contributed by atoms with Gasteiger partial charge in [0.2, 0.25) is 0 Å². The van der Waals surface area contributed by atoms with Crippen molar-refractivity contribution in [3.63, 3.8) is 0 Å². The van der Waals surface area contributed by atoms with Gasteiger partial charge in [-0.25, -0.2) is 15.6 Å². The summed E-state index contributed by atoms with van der Waals surface area (Å²) in [6.07, 6.45) is 7.00. The SMILES string of the molecule is Cc1ccc(NC(=O)NC2CCCN(C3CC(c4ccncc4)NN3)C2)c(C)c1. The number of hydrazine groups is 1. The van der Waals surface area contributed by atoms with Gasteiger partial charge in [0, 0.05) is 36.7 Å². The molecule has 2 aliphatic heterocycles. The number of piperidine rings is 1. The average molecular weight is 395 g/mol. The Hall–Kier alpha value is -2.48. The Morgan fingerprint density at radius 2 is 2.00 bits per heavy atom. The van der Waals surface area contributed by atoms with E-state index < -0.39 is 0 Å². The number of anilines is 1. The predicted molar refractivity (Wildman–Crippen MR) is 114 cm³/mol. The molecule has 2 aliphatic rings. The molecule has 2 aromatic rings. The van der Waals surface area contributed by atoms with E-state index in [0.29, 0.717) is 0 Å². The van der Waals surface area contributed by atoms with Gasteiger partial charge >= 0.3 is 6.03 Å². The lowest BCUT2D eigenvalue weighted by Gasteiger charge is -2.36. The Morgan fingerprint density at radius 3 is 2.79 bits per heavy atom. The van der Waals surface area contributed by atoms with Gasteiger partial charge in [-0.1, -0.05) is 17.7 Å². The monoisotopic (exact) mass is 394 g/mol. The standard InChI is InChI=1S/C22H30N6O/c1-15-5-6-19(16(2)12-15)25-22(29)24-18-4-3-11-28(14-18)21-13-20(26-27-21)17-7-9-23-10-8-17/h5-10,12,18,20-21,26-27H,3-4,11,13-14H2,1-2H3,(H2,24,25,29). The lowest BCUT2D eigenvalue weighted by molar-refractivity contribution is 0.125. The van der Waals surface area contributed by atoms with Crippen LogP contribution in [0.3, 0.4) is 0 Å². The molecule has 1 aromatic carbocycles. The lowest BCUT2D eigenvalue weighted by atomic mass is 10.0. The first-order chi connectivity index (χ1) is 14.1. The number of nitrogens with zero attached hydrogens (tertiary/aromatic N) is 2. The van der Waals surface area contributed by atoms with Crippen LogP contribution in [0.2, 0.25) is 0 Å². The molecule has 2 fully saturated rings. The summed E-state index contributed by atoms with van der Waals surface area (Å²) < 4.78 is 0. The van der Waals surface area contributed by atoms with Crippen LogP contribution in [0.1, 0.15) is 42.0 Å². The van der Waals surface area contributed by atoms with Crippen LogP contribution in [-0.2, 0) is 0 Å². The molecule has 0 radical (unpaired) electrons. The molecule has 4 N–H and O–H groups in total. The van der Waals surface area contributed by atoms with E-state index in [-0.39, 0.29) is 24.3 Å². The van der Waals surface area contributed by atoms with Crippen molar-refractivity contribution in [1.82, 2.24) is 26.1 Å². The quantitative estimate of drug-likeness (QED) is 0.641. The summed E-state index contributed by atoms with van der Waals surface area (Å²) in [6, 6.07) is 10.5. The molecule has 154 valence electrons. The number of likely N-dealkylation sites (tertiary alicyclic amines) is 1. The molecule has 0 aliphatic carbocycles. The second kappa shape index (κ2) is 8.90. The summed E-state index contributed by atoms with van der Waals surface area (Å²) in [7, 11) is 0. The molecule has 0 spiro atoms. The number of nitrogens with one attached hydrogen (secondary N) is 4. The maximum absolute atomic E-state index is 12.5. The van der Waals surface area contributed by atoms with Crippen molar-refractivity contribution in [2.24, 2.45) is 0 Å². The number of amides is 2. The molecule has 2 saturated heterocycles. The van der Waals surface area contributed by atoms with E-state index in [1.165, 1.54) is 11.1 Å². The number of carbonyl (C=O) groups is 1.